The van der Waals surface area contributed by atoms with E-state index in [2.05, 4.69) is 4.98 Å². The van der Waals surface area contributed by atoms with Gasteiger partial charge in [-0.2, -0.15) is 0 Å². The lowest BCUT2D eigenvalue weighted by atomic mass is 10.1. The number of hydrogen-bond donors (Lipinski definition) is 1. The van der Waals surface area contributed by atoms with E-state index in [0.717, 1.165) is 11.3 Å². The molecular weight excluding hydrogens is 256 g/mol. The van der Waals surface area contributed by atoms with E-state index in [1.165, 1.54) is 10.3 Å². The third-order valence-electron chi connectivity index (χ3n) is 2.80. The summed E-state index contributed by atoms with van der Waals surface area (Å²) in [5.41, 5.74) is -0.0567. The number of aromatic nitrogens is 1. The molecule has 0 spiro atoms. The van der Waals surface area contributed by atoms with Crippen LogP contribution < -0.4 is 0 Å². The van der Waals surface area contributed by atoms with Crippen LogP contribution in [0.4, 0.5) is 0 Å². The Morgan fingerprint density at radius 1 is 1.44 bits per heavy atom. The monoisotopic (exact) mass is 268 g/mol. The molecule has 1 N–H and O–H groups in total. The van der Waals surface area contributed by atoms with Gasteiger partial charge in [0, 0.05) is 18.2 Å². The molecule has 1 aromatic rings. The molecule has 0 bridgehead atoms. The Kier molecular flexibility index (Phi) is 3.42. The average Bonchev–Trinajstić information content (AvgIpc) is 2.77. The summed E-state index contributed by atoms with van der Waals surface area (Å²) >= 11 is 1.15. The number of thiazole rings is 1. The fourth-order valence-electron chi connectivity index (χ4n) is 1.89. The van der Waals surface area contributed by atoms with Crippen LogP contribution in [-0.2, 0) is 9.59 Å². The van der Waals surface area contributed by atoms with E-state index in [-0.39, 0.29) is 17.5 Å². The molecule has 18 heavy (non-hydrogen) atoms. The highest BCUT2D eigenvalue weighted by Crippen LogP contribution is 2.28. The summed E-state index contributed by atoms with van der Waals surface area (Å²) in [4.78, 5) is 39.3. The van der Waals surface area contributed by atoms with Crippen molar-refractivity contribution in [2.75, 3.05) is 0 Å². The van der Waals surface area contributed by atoms with Gasteiger partial charge in [0.2, 0.25) is 11.8 Å². The van der Waals surface area contributed by atoms with Crippen molar-refractivity contribution >= 4 is 29.1 Å². The number of imide groups is 1. The van der Waals surface area contributed by atoms with Crippen LogP contribution in [0.2, 0.25) is 0 Å². The van der Waals surface area contributed by atoms with Gasteiger partial charge in [-0.05, 0) is 13.3 Å². The Hall–Kier alpha value is -1.76. The molecule has 1 aliphatic heterocycles. The SMILES string of the molecule is CC(c1nc(C(=O)O)cs1)N1C(=O)CCCC1=O. The molecule has 0 saturated carbocycles. The third kappa shape index (κ3) is 2.26. The second-order valence-corrected chi connectivity index (χ2v) is 4.95. The van der Waals surface area contributed by atoms with Crippen molar-refractivity contribution < 1.29 is 19.5 Å². The van der Waals surface area contributed by atoms with Crippen LogP contribution in [0.5, 0.6) is 0 Å². The van der Waals surface area contributed by atoms with Crippen molar-refractivity contribution in [3.8, 4) is 0 Å². The molecule has 1 fully saturated rings. The Bertz CT molecular complexity index is 495. The first kappa shape index (κ1) is 12.7. The highest BCUT2D eigenvalue weighted by atomic mass is 32.1. The van der Waals surface area contributed by atoms with Gasteiger partial charge in [-0.3, -0.25) is 14.5 Å². The number of piperidine rings is 1. The maximum Gasteiger partial charge on any atom is 0.355 e. The standard InChI is InChI=1S/C11H12N2O4S/c1-6(10-12-7(5-18-10)11(16)17)13-8(14)3-2-4-9(13)15/h5-6H,2-4H2,1H3,(H,16,17). The molecule has 96 valence electrons. The Morgan fingerprint density at radius 3 is 2.56 bits per heavy atom. The Labute approximate surface area is 107 Å². The lowest BCUT2D eigenvalue weighted by molar-refractivity contribution is -0.150. The predicted molar refractivity (Wildman–Crippen MR) is 63.2 cm³/mol. The molecule has 1 aromatic heterocycles. The molecule has 1 saturated heterocycles. The predicted octanol–water partition coefficient (Wildman–Crippen LogP) is 1.44. The van der Waals surface area contributed by atoms with E-state index in [4.69, 9.17) is 5.11 Å². The minimum atomic E-state index is -1.11. The summed E-state index contributed by atoms with van der Waals surface area (Å²) in [6, 6.07) is -0.497. The molecule has 1 aliphatic rings. The maximum atomic E-state index is 11.7. The molecule has 1 atom stereocenters. The molecule has 0 radical (unpaired) electrons. The molecule has 7 heteroatoms. The third-order valence-corrected chi connectivity index (χ3v) is 3.82. The van der Waals surface area contributed by atoms with Gasteiger partial charge in [-0.15, -0.1) is 11.3 Å². The lowest BCUT2D eigenvalue weighted by Crippen LogP contribution is -2.41. The molecule has 0 aromatic carbocycles. The molecule has 2 heterocycles. The number of rotatable bonds is 3. The molecule has 6 nitrogen and oxygen atoms in total. The Balaban J connectivity index is 2.23. The van der Waals surface area contributed by atoms with Crippen LogP contribution in [0.15, 0.2) is 5.38 Å². The quantitative estimate of drug-likeness (QED) is 0.838. The molecular formula is C11H12N2O4S. The van der Waals surface area contributed by atoms with Crippen molar-refractivity contribution in [1.29, 1.82) is 0 Å². The zero-order valence-corrected chi connectivity index (χ0v) is 10.6. The van der Waals surface area contributed by atoms with Gasteiger partial charge in [-0.1, -0.05) is 0 Å². The second kappa shape index (κ2) is 4.85. The summed E-state index contributed by atoms with van der Waals surface area (Å²) in [6.07, 6.45) is 1.29. The number of likely N-dealkylation sites (tertiary alicyclic amines) is 1. The number of hydrogen-bond acceptors (Lipinski definition) is 5. The first-order valence-electron chi connectivity index (χ1n) is 5.54. The van der Waals surface area contributed by atoms with Crippen molar-refractivity contribution in [2.45, 2.75) is 32.2 Å². The minimum absolute atomic E-state index is 0.0567. The number of carbonyl (C=O) groups excluding carboxylic acids is 2. The summed E-state index contributed by atoms with van der Waals surface area (Å²) in [7, 11) is 0. The van der Waals surface area contributed by atoms with E-state index in [1.54, 1.807) is 6.92 Å². The Morgan fingerprint density at radius 2 is 2.06 bits per heavy atom. The molecule has 2 rings (SSSR count). The number of carbonyl (C=O) groups is 3. The highest BCUT2D eigenvalue weighted by molar-refractivity contribution is 7.09. The van der Waals surface area contributed by atoms with E-state index >= 15 is 0 Å². The van der Waals surface area contributed by atoms with Gasteiger partial charge >= 0.3 is 5.97 Å². The number of nitrogens with zero attached hydrogens (tertiary/aromatic N) is 2. The van der Waals surface area contributed by atoms with Crippen LogP contribution in [0, 0.1) is 0 Å². The van der Waals surface area contributed by atoms with Crippen LogP contribution >= 0.6 is 11.3 Å². The topological polar surface area (TPSA) is 87.6 Å². The van der Waals surface area contributed by atoms with E-state index in [1.807, 2.05) is 0 Å². The smallest absolute Gasteiger partial charge is 0.355 e. The van der Waals surface area contributed by atoms with Gasteiger partial charge in [0.1, 0.15) is 5.01 Å². The van der Waals surface area contributed by atoms with Crippen LogP contribution in [0.1, 0.15) is 47.7 Å². The molecule has 0 aliphatic carbocycles. The summed E-state index contributed by atoms with van der Waals surface area (Å²) in [6.45, 7) is 1.69. The number of aromatic carboxylic acids is 1. The zero-order valence-electron chi connectivity index (χ0n) is 9.75. The van der Waals surface area contributed by atoms with Crippen molar-refractivity contribution in [2.24, 2.45) is 0 Å². The van der Waals surface area contributed by atoms with E-state index < -0.39 is 12.0 Å². The van der Waals surface area contributed by atoms with Crippen LogP contribution in [0.25, 0.3) is 0 Å². The van der Waals surface area contributed by atoms with Crippen LogP contribution in [0.3, 0.4) is 0 Å². The second-order valence-electron chi connectivity index (χ2n) is 4.06. The van der Waals surface area contributed by atoms with Crippen molar-refractivity contribution in [3.05, 3.63) is 16.1 Å². The molecule has 1 unspecified atom stereocenters. The van der Waals surface area contributed by atoms with E-state index in [0.29, 0.717) is 24.3 Å². The molecule has 2 amide bonds. The van der Waals surface area contributed by atoms with Gasteiger partial charge in [0.15, 0.2) is 5.69 Å². The maximum absolute atomic E-state index is 11.7. The largest absolute Gasteiger partial charge is 0.476 e. The summed E-state index contributed by atoms with van der Waals surface area (Å²) in [5, 5.41) is 10.7. The number of amides is 2. The lowest BCUT2D eigenvalue weighted by Gasteiger charge is -2.29. The van der Waals surface area contributed by atoms with Gasteiger partial charge in [0.25, 0.3) is 0 Å². The first-order chi connectivity index (χ1) is 8.50. The number of carboxylic acids is 1. The minimum Gasteiger partial charge on any atom is -0.476 e. The van der Waals surface area contributed by atoms with Crippen molar-refractivity contribution in [3.63, 3.8) is 0 Å². The van der Waals surface area contributed by atoms with Gasteiger partial charge in [0.05, 0.1) is 6.04 Å². The van der Waals surface area contributed by atoms with Gasteiger partial charge in [-0.25, -0.2) is 9.78 Å². The summed E-state index contributed by atoms with van der Waals surface area (Å²) < 4.78 is 0. The number of carboxylic acid groups (broad SMARTS) is 1. The fraction of sp³-hybridized carbons (Fsp3) is 0.455. The highest BCUT2D eigenvalue weighted by Gasteiger charge is 2.32. The fourth-order valence-corrected chi connectivity index (χ4v) is 2.73. The summed E-state index contributed by atoms with van der Waals surface area (Å²) in [5.74, 6) is -1.54. The van der Waals surface area contributed by atoms with E-state index in [9.17, 15) is 14.4 Å². The zero-order chi connectivity index (χ0) is 13.3. The van der Waals surface area contributed by atoms with Gasteiger partial charge < -0.3 is 5.11 Å². The van der Waals surface area contributed by atoms with Crippen LogP contribution in [-0.4, -0.2) is 32.8 Å². The normalized spacial score (nSPS) is 17.9. The first-order valence-corrected chi connectivity index (χ1v) is 6.42. The average molecular weight is 268 g/mol. The van der Waals surface area contributed by atoms with Crippen molar-refractivity contribution in [1.82, 2.24) is 9.88 Å².